The summed E-state index contributed by atoms with van der Waals surface area (Å²) in [5.74, 6) is 0. The van der Waals surface area contributed by atoms with Crippen LogP contribution in [0, 0.1) is 6.92 Å². The maximum absolute atomic E-state index is 12.3. The first kappa shape index (κ1) is 17.8. The second-order valence-electron chi connectivity index (χ2n) is 6.78. The fraction of sp³-hybridized carbons (Fsp3) is 0.688. The van der Waals surface area contributed by atoms with Crippen LogP contribution in [0.1, 0.15) is 24.2 Å². The topological polar surface area (TPSA) is 72.0 Å². The normalized spacial score (nSPS) is 28.2. The minimum absolute atomic E-state index is 0.0191. The molecular formula is C16H25N3O4S. The average Bonchev–Trinajstić information content (AvgIpc) is 3.13. The van der Waals surface area contributed by atoms with Gasteiger partial charge in [0.05, 0.1) is 30.6 Å². The van der Waals surface area contributed by atoms with Crippen molar-refractivity contribution in [2.24, 2.45) is 0 Å². The van der Waals surface area contributed by atoms with Gasteiger partial charge in [0.15, 0.2) is 0 Å². The monoisotopic (exact) mass is 355 g/mol. The Balaban J connectivity index is 1.56. The van der Waals surface area contributed by atoms with Crippen LogP contribution in [0.4, 0.5) is 0 Å². The summed E-state index contributed by atoms with van der Waals surface area (Å²) in [5, 5.41) is 0. The Morgan fingerprint density at radius 1 is 1.46 bits per heavy atom. The lowest BCUT2D eigenvalue weighted by Gasteiger charge is -2.24. The third-order valence-electron chi connectivity index (χ3n) is 4.66. The Labute approximate surface area is 143 Å². The van der Waals surface area contributed by atoms with Crippen molar-refractivity contribution in [3.63, 3.8) is 0 Å². The van der Waals surface area contributed by atoms with Crippen LogP contribution in [0.5, 0.6) is 0 Å². The van der Waals surface area contributed by atoms with E-state index < -0.39 is 15.8 Å². The van der Waals surface area contributed by atoms with Crippen LogP contribution in [-0.4, -0.2) is 67.5 Å². The summed E-state index contributed by atoms with van der Waals surface area (Å²) < 4.78 is 39.1. The van der Waals surface area contributed by atoms with Gasteiger partial charge >= 0.3 is 0 Å². The lowest BCUT2D eigenvalue weighted by molar-refractivity contribution is 0.00217. The molecule has 0 aromatic carbocycles. The first-order valence-corrected chi connectivity index (χ1v) is 9.56. The predicted molar refractivity (Wildman–Crippen MR) is 89.6 cm³/mol. The second-order valence-corrected chi connectivity index (χ2v) is 8.92. The Bertz CT molecular complexity index is 694. The number of aryl methyl sites for hydroxylation is 1. The number of hydrogen-bond donors (Lipinski definition) is 0. The zero-order valence-electron chi connectivity index (χ0n) is 14.4. The third kappa shape index (κ3) is 3.62. The van der Waals surface area contributed by atoms with E-state index in [1.807, 2.05) is 25.1 Å². The van der Waals surface area contributed by atoms with Gasteiger partial charge < -0.3 is 9.47 Å². The second kappa shape index (κ2) is 6.68. The molecule has 0 unspecified atom stereocenters. The first-order valence-electron chi connectivity index (χ1n) is 8.16. The van der Waals surface area contributed by atoms with E-state index in [4.69, 9.17) is 9.47 Å². The molecule has 1 aromatic heterocycles. The van der Waals surface area contributed by atoms with Crippen LogP contribution < -0.4 is 0 Å². The minimum atomic E-state index is -3.38. The molecule has 2 fully saturated rings. The quantitative estimate of drug-likeness (QED) is 0.786. The highest BCUT2D eigenvalue weighted by Gasteiger charge is 2.49. The molecule has 0 saturated carbocycles. The Hall–Kier alpha value is -1.06. The molecular weight excluding hydrogens is 330 g/mol. The van der Waals surface area contributed by atoms with Crippen molar-refractivity contribution in [2.45, 2.75) is 38.1 Å². The summed E-state index contributed by atoms with van der Waals surface area (Å²) in [4.78, 5) is 4.43. The molecule has 2 aliphatic heterocycles. The Morgan fingerprint density at radius 2 is 2.25 bits per heavy atom. The fourth-order valence-corrected chi connectivity index (χ4v) is 4.50. The zero-order valence-corrected chi connectivity index (χ0v) is 15.3. The van der Waals surface area contributed by atoms with Gasteiger partial charge in [-0.05, 0) is 25.5 Å². The molecule has 2 aliphatic rings. The summed E-state index contributed by atoms with van der Waals surface area (Å²) in [7, 11) is -0.277. The molecule has 2 atom stereocenters. The summed E-state index contributed by atoms with van der Waals surface area (Å²) in [6.07, 6.45) is 1.41. The molecule has 3 rings (SSSR count). The van der Waals surface area contributed by atoms with E-state index in [-0.39, 0.29) is 6.10 Å². The zero-order chi connectivity index (χ0) is 17.4. The average molecular weight is 355 g/mol. The van der Waals surface area contributed by atoms with Crippen molar-refractivity contribution < 1.29 is 17.9 Å². The highest BCUT2D eigenvalue weighted by atomic mass is 32.2. The molecule has 134 valence electrons. The van der Waals surface area contributed by atoms with Gasteiger partial charge in [0.25, 0.3) is 10.2 Å². The number of aromatic nitrogens is 1. The van der Waals surface area contributed by atoms with E-state index in [1.54, 1.807) is 14.1 Å². The molecule has 0 N–H and O–H groups in total. The van der Waals surface area contributed by atoms with Gasteiger partial charge in [-0.25, -0.2) is 0 Å². The van der Waals surface area contributed by atoms with Gasteiger partial charge in [-0.15, -0.1) is 0 Å². The van der Waals surface area contributed by atoms with Crippen molar-refractivity contribution in [3.05, 3.63) is 29.6 Å². The summed E-state index contributed by atoms with van der Waals surface area (Å²) in [6, 6.07) is 5.86. The van der Waals surface area contributed by atoms with Crippen molar-refractivity contribution >= 4 is 10.2 Å². The van der Waals surface area contributed by atoms with E-state index in [0.717, 1.165) is 17.8 Å². The number of pyridine rings is 1. The molecule has 0 bridgehead atoms. The maximum Gasteiger partial charge on any atom is 0.281 e. The molecule has 0 amide bonds. The summed E-state index contributed by atoms with van der Waals surface area (Å²) >= 11 is 0. The van der Waals surface area contributed by atoms with Crippen LogP contribution in [0.15, 0.2) is 18.2 Å². The van der Waals surface area contributed by atoms with E-state index in [9.17, 15) is 8.42 Å². The number of hydrogen-bond acceptors (Lipinski definition) is 5. The van der Waals surface area contributed by atoms with Gasteiger partial charge in [-0.1, -0.05) is 6.07 Å². The van der Waals surface area contributed by atoms with E-state index >= 15 is 0 Å². The Kier molecular flexibility index (Phi) is 4.94. The summed E-state index contributed by atoms with van der Waals surface area (Å²) in [6.45, 7) is 3.80. The lowest BCUT2D eigenvalue weighted by Crippen LogP contribution is -2.41. The minimum Gasteiger partial charge on any atom is -0.371 e. The molecule has 7 nitrogen and oxygen atoms in total. The van der Waals surface area contributed by atoms with Crippen molar-refractivity contribution in [2.75, 3.05) is 33.8 Å². The first-order chi connectivity index (χ1) is 11.3. The van der Waals surface area contributed by atoms with E-state index in [0.29, 0.717) is 32.7 Å². The Morgan fingerprint density at radius 3 is 2.96 bits per heavy atom. The van der Waals surface area contributed by atoms with Crippen molar-refractivity contribution in [1.82, 2.24) is 13.6 Å². The van der Waals surface area contributed by atoms with Crippen LogP contribution in [-0.2, 0) is 26.3 Å². The molecule has 1 aromatic rings. The molecule has 0 radical (unpaired) electrons. The summed E-state index contributed by atoms with van der Waals surface area (Å²) in [5.41, 5.74) is 1.46. The van der Waals surface area contributed by atoms with Crippen molar-refractivity contribution in [3.8, 4) is 0 Å². The van der Waals surface area contributed by atoms with Crippen LogP contribution >= 0.6 is 0 Å². The number of nitrogens with zero attached hydrogens (tertiary/aromatic N) is 3. The van der Waals surface area contributed by atoms with Gasteiger partial charge in [-0.2, -0.15) is 17.0 Å². The molecule has 3 heterocycles. The molecule has 24 heavy (non-hydrogen) atoms. The SMILES string of the molecule is Cc1cccc(CO[C@@H]2CO[C@]3(CCN(S(=O)(=O)N(C)C)C3)C2)n1. The van der Waals surface area contributed by atoms with Gasteiger partial charge in [0.1, 0.15) is 0 Å². The van der Waals surface area contributed by atoms with E-state index in [2.05, 4.69) is 4.98 Å². The molecule has 0 aliphatic carbocycles. The van der Waals surface area contributed by atoms with Crippen molar-refractivity contribution in [1.29, 1.82) is 0 Å². The molecule has 8 heteroatoms. The molecule has 1 spiro atoms. The predicted octanol–water partition coefficient (Wildman–Crippen LogP) is 0.946. The highest BCUT2D eigenvalue weighted by molar-refractivity contribution is 7.86. The lowest BCUT2D eigenvalue weighted by atomic mass is 9.98. The highest BCUT2D eigenvalue weighted by Crippen LogP contribution is 2.37. The van der Waals surface area contributed by atoms with Crippen LogP contribution in [0.3, 0.4) is 0 Å². The molecule has 2 saturated heterocycles. The van der Waals surface area contributed by atoms with Gasteiger partial charge in [-0.3, -0.25) is 4.98 Å². The largest absolute Gasteiger partial charge is 0.371 e. The number of ether oxygens (including phenoxy) is 2. The maximum atomic E-state index is 12.3. The van der Waals surface area contributed by atoms with Gasteiger partial charge in [0.2, 0.25) is 0 Å². The van der Waals surface area contributed by atoms with Crippen LogP contribution in [0.25, 0.3) is 0 Å². The third-order valence-corrected chi connectivity index (χ3v) is 6.54. The van der Waals surface area contributed by atoms with Gasteiger partial charge in [0, 0.05) is 39.3 Å². The van der Waals surface area contributed by atoms with E-state index in [1.165, 1.54) is 8.61 Å². The van der Waals surface area contributed by atoms with Crippen LogP contribution in [0.2, 0.25) is 0 Å². The fourth-order valence-electron chi connectivity index (χ4n) is 3.31. The standard InChI is InChI=1S/C16H25N3O4S/c1-13-5-4-6-14(17-13)10-22-15-9-16(23-11-15)7-8-19(12-16)24(20,21)18(2)3/h4-6,15H,7-12H2,1-3H3/t15-,16+/m0/s1. The number of rotatable bonds is 5. The smallest absolute Gasteiger partial charge is 0.281 e.